The zero-order chi connectivity index (χ0) is 16.0. The summed E-state index contributed by atoms with van der Waals surface area (Å²) < 4.78 is 22.1. The maximum atomic E-state index is 11.4. The van der Waals surface area contributed by atoms with Crippen LogP contribution in [0.3, 0.4) is 0 Å². The number of hydrogen-bond donors (Lipinski definition) is 4. The number of carbonyl (C=O) groups excluding carboxylic acids is 2. The molecule has 0 aliphatic carbocycles. The van der Waals surface area contributed by atoms with Crippen LogP contribution in [-0.2, 0) is 26.2 Å². The molecule has 0 bridgehead atoms. The average molecular weight is 330 g/mol. The standard InChI is InChI=1S/C11H14N4O4S2/c12-9(20)6-15-11(17)10(16)14-5-7-1-3-8(4-2-7)21(13,18)19/h1-4H,5-6H2,(H2,12,20)(H,14,16)(H,15,17)(H2,13,18,19). The van der Waals surface area contributed by atoms with Crippen molar-refractivity contribution in [1.82, 2.24) is 10.6 Å². The monoisotopic (exact) mass is 330 g/mol. The molecule has 6 N–H and O–H groups in total. The van der Waals surface area contributed by atoms with Crippen molar-refractivity contribution in [1.29, 1.82) is 0 Å². The van der Waals surface area contributed by atoms with E-state index in [0.29, 0.717) is 5.56 Å². The molecule has 2 amide bonds. The Morgan fingerprint density at radius 2 is 1.62 bits per heavy atom. The Balaban J connectivity index is 2.53. The lowest BCUT2D eigenvalue weighted by Crippen LogP contribution is -2.42. The molecule has 114 valence electrons. The second-order valence-electron chi connectivity index (χ2n) is 4.02. The average Bonchev–Trinajstić information content (AvgIpc) is 2.41. The second-order valence-corrected chi connectivity index (χ2v) is 6.11. The van der Waals surface area contributed by atoms with Gasteiger partial charge in [0.05, 0.1) is 16.4 Å². The first-order valence-corrected chi connectivity index (χ1v) is 7.61. The molecular weight excluding hydrogens is 316 g/mol. The number of rotatable bonds is 5. The fourth-order valence-corrected chi connectivity index (χ4v) is 1.89. The Morgan fingerprint density at radius 3 is 2.10 bits per heavy atom. The SMILES string of the molecule is NC(=S)CNC(=O)C(=O)NCc1ccc(S(N)(=O)=O)cc1. The van der Waals surface area contributed by atoms with Crippen molar-refractivity contribution in [3.63, 3.8) is 0 Å². The quantitative estimate of drug-likeness (QED) is 0.376. The molecular formula is C11H14N4O4S2. The van der Waals surface area contributed by atoms with Gasteiger partial charge in [0.2, 0.25) is 10.0 Å². The van der Waals surface area contributed by atoms with Crippen LogP contribution in [0.2, 0.25) is 0 Å². The molecule has 8 nitrogen and oxygen atoms in total. The summed E-state index contributed by atoms with van der Waals surface area (Å²) in [5, 5.41) is 9.55. The van der Waals surface area contributed by atoms with E-state index in [1.165, 1.54) is 24.3 Å². The zero-order valence-corrected chi connectivity index (χ0v) is 12.5. The highest BCUT2D eigenvalue weighted by Gasteiger charge is 2.13. The Morgan fingerprint density at radius 1 is 1.10 bits per heavy atom. The number of nitrogens with two attached hydrogens (primary N) is 2. The van der Waals surface area contributed by atoms with Crippen LogP contribution in [0.4, 0.5) is 0 Å². The minimum Gasteiger partial charge on any atom is -0.392 e. The molecule has 0 saturated heterocycles. The highest BCUT2D eigenvalue weighted by atomic mass is 32.2. The summed E-state index contributed by atoms with van der Waals surface area (Å²) in [5.74, 6) is -1.70. The van der Waals surface area contributed by atoms with Gasteiger partial charge in [0, 0.05) is 6.54 Å². The highest BCUT2D eigenvalue weighted by molar-refractivity contribution is 7.89. The summed E-state index contributed by atoms with van der Waals surface area (Å²) in [4.78, 5) is 22.8. The van der Waals surface area contributed by atoms with E-state index in [9.17, 15) is 18.0 Å². The number of hydrogen-bond acceptors (Lipinski definition) is 5. The van der Waals surface area contributed by atoms with E-state index in [-0.39, 0.29) is 23.0 Å². The topological polar surface area (TPSA) is 144 Å². The van der Waals surface area contributed by atoms with Crippen molar-refractivity contribution in [3.05, 3.63) is 29.8 Å². The van der Waals surface area contributed by atoms with Gasteiger partial charge in [-0.2, -0.15) is 0 Å². The Kier molecular flexibility index (Phi) is 5.76. The molecule has 0 heterocycles. The van der Waals surface area contributed by atoms with Crippen LogP contribution in [0.15, 0.2) is 29.2 Å². The molecule has 21 heavy (non-hydrogen) atoms. The first kappa shape index (κ1) is 17.0. The van der Waals surface area contributed by atoms with Gasteiger partial charge < -0.3 is 16.4 Å². The van der Waals surface area contributed by atoms with Crippen molar-refractivity contribution in [3.8, 4) is 0 Å². The molecule has 1 aromatic rings. The minimum absolute atomic E-state index is 0.0354. The van der Waals surface area contributed by atoms with Gasteiger partial charge in [0.15, 0.2) is 0 Å². The summed E-state index contributed by atoms with van der Waals surface area (Å²) in [6.45, 7) is -0.00509. The Labute approximate surface area is 126 Å². The predicted octanol–water partition coefficient (Wildman–Crippen LogP) is -1.65. The van der Waals surface area contributed by atoms with Gasteiger partial charge in [-0.25, -0.2) is 13.6 Å². The van der Waals surface area contributed by atoms with Crippen molar-refractivity contribution < 1.29 is 18.0 Å². The molecule has 0 aliphatic heterocycles. The lowest BCUT2D eigenvalue weighted by molar-refractivity contribution is -0.139. The summed E-state index contributed by atoms with van der Waals surface area (Å²) >= 11 is 4.56. The first-order valence-electron chi connectivity index (χ1n) is 5.66. The molecule has 0 fully saturated rings. The molecule has 0 spiro atoms. The Hall–Kier alpha value is -2.04. The minimum atomic E-state index is -3.76. The van der Waals surface area contributed by atoms with E-state index in [0.717, 1.165) is 0 Å². The number of carbonyl (C=O) groups is 2. The van der Waals surface area contributed by atoms with Gasteiger partial charge in [0.1, 0.15) is 0 Å². The normalized spacial score (nSPS) is 10.7. The van der Waals surface area contributed by atoms with Crippen LogP contribution < -0.4 is 21.5 Å². The van der Waals surface area contributed by atoms with Crippen molar-refractivity contribution in [2.24, 2.45) is 10.9 Å². The number of thiocarbonyl (C=S) groups is 1. The van der Waals surface area contributed by atoms with Gasteiger partial charge in [-0.1, -0.05) is 24.4 Å². The maximum Gasteiger partial charge on any atom is 0.309 e. The van der Waals surface area contributed by atoms with Gasteiger partial charge in [0.25, 0.3) is 0 Å². The van der Waals surface area contributed by atoms with E-state index in [4.69, 9.17) is 10.9 Å². The third-order valence-corrected chi connectivity index (χ3v) is 3.41. The lowest BCUT2D eigenvalue weighted by Gasteiger charge is -2.06. The molecule has 0 aromatic heterocycles. The fourth-order valence-electron chi connectivity index (χ4n) is 1.31. The predicted molar refractivity (Wildman–Crippen MR) is 79.5 cm³/mol. The number of nitrogens with one attached hydrogen (secondary N) is 2. The van der Waals surface area contributed by atoms with Crippen LogP contribution in [0, 0.1) is 0 Å². The third-order valence-electron chi connectivity index (χ3n) is 2.33. The lowest BCUT2D eigenvalue weighted by atomic mass is 10.2. The van der Waals surface area contributed by atoms with Gasteiger partial charge in [-0.15, -0.1) is 0 Å². The van der Waals surface area contributed by atoms with Crippen molar-refractivity contribution in [2.75, 3.05) is 6.54 Å². The van der Waals surface area contributed by atoms with Crippen LogP contribution in [0.25, 0.3) is 0 Å². The summed E-state index contributed by atoms with van der Waals surface area (Å²) in [6.07, 6.45) is 0. The number of benzene rings is 1. The second kappa shape index (κ2) is 7.11. The first-order chi connectivity index (χ1) is 9.70. The van der Waals surface area contributed by atoms with Crippen LogP contribution in [-0.4, -0.2) is 31.8 Å². The summed E-state index contributed by atoms with van der Waals surface area (Å²) in [6, 6.07) is 5.58. The van der Waals surface area contributed by atoms with E-state index >= 15 is 0 Å². The smallest absolute Gasteiger partial charge is 0.309 e. The molecule has 0 unspecified atom stereocenters. The molecule has 0 saturated carbocycles. The van der Waals surface area contributed by atoms with Gasteiger partial charge in [-0.3, -0.25) is 9.59 Å². The number of amides is 2. The summed E-state index contributed by atoms with van der Waals surface area (Å²) in [5.41, 5.74) is 5.79. The van der Waals surface area contributed by atoms with E-state index in [1.54, 1.807) is 0 Å². The Bertz CT molecular complexity index is 655. The van der Waals surface area contributed by atoms with E-state index < -0.39 is 21.8 Å². The molecule has 1 aromatic carbocycles. The molecule has 0 aliphatic rings. The van der Waals surface area contributed by atoms with E-state index in [2.05, 4.69) is 22.9 Å². The van der Waals surface area contributed by atoms with Crippen LogP contribution in [0.1, 0.15) is 5.56 Å². The molecule has 10 heteroatoms. The number of sulfonamides is 1. The van der Waals surface area contributed by atoms with Crippen LogP contribution >= 0.6 is 12.2 Å². The highest BCUT2D eigenvalue weighted by Crippen LogP contribution is 2.08. The third kappa shape index (κ3) is 5.85. The fraction of sp³-hybridized carbons (Fsp3) is 0.182. The largest absolute Gasteiger partial charge is 0.392 e. The van der Waals surface area contributed by atoms with Crippen molar-refractivity contribution >= 4 is 39.0 Å². The molecule has 0 radical (unpaired) electrons. The van der Waals surface area contributed by atoms with Gasteiger partial charge >= 0.3 is 11.8 Å². The van der Waals surface area contributed by atoms with Crippen molar-refractivity contribution in [2.45, 2.75) is 11.4 Å². The summed E-state index contributed by atoms with van der Waals surface area (Å²) in [7, 11) is -3.76. The molecule has 1 rings (SSSR count). The van der Waals surface area contributed by atoms with E-state index in [1.807, 2.05) is 0 Å². The molecule has 0 atom stereocenters. The van der Waals surface area contributed by atoms with Crippen LogP contribution in [0.5, 0.6) is 0 Å². The van der Waals surface area contributed by atoms with Gasteiger partial charge in [-0.05, 0) is 17.7 Å². The maximum absolute atomic E-state index is 11.4. The number of primary sulfonamides is 1. The zero-order valence-electron chi connectivity index (χ0n) is 10.8.